The molecule has 1 fully saturated rings. The molecule has 0 spiro atoms. The summed E-state index contributed by atoms with van der Waals surface area (Å²) in [6.07, 6.45) is 2.20. The third-order valence-corrected chi connectivity index (χ3v) is 4.24. The molecule has 0 bridgehead atoms. The van der Waals surface area contributed by atoms with Crippen molar-refractivity contribution in [2.75, 3.05) is 24.3 Å². The van der Waals surface area contributed by atoms with Crippen LogP contribution >= 0.6 is 11.8 Å². The van der Waals surface area contributed by atoms with Crippen molar-refractivity contribution in [1.29, 1.82) is 0 Å². The van der Waals surface area contributed by atoms with Crippen LogP contribution in [0.25, 0.3) is 0 Å². The SMILES string of the molecule is COc1cccc(C(=O)NC2CCCSC2)c1N. The molecule has 1 saturated heterocycles. The molecule has 18 heavy (non-hydrogen) atoms. The molecule has 3 N–H and O–H groups in total. The van der Waals surface area contributed by atoms with Crippen LogP contribution in [0.2, 0.25) is 0 Å². The van der Waals surface area contributed by atoms with Gasteiger partial charge in [0.2, 0.25) is 0 Å². The fourth-order valence-electron chi connectivity index (χ4n) is 2.04. The molecule has 1 aromatic rings. The molecule has 98 valence electrons. The van der Waals surface area contributed by atoms with Gasteiger partial charge in [-0.05, 0) is 30.7 Å². The van der Waals surface area contributed by atoms with Crippen LogP contribution in [-0.4, -0.2) is 30.6 Å². The number of nitrogens with two attached hydrogens (primary N) is 1. The van der Waals surface area contributed by atoms with Crippen LogP contribution in [-0.2, 0) is 0 Å². The summed E-state index contributed by atoms with van der Waals surface area (Å²) in [4.78, 5) is 12.1. The molecule has 0 aromatic heterocycles. The Hall–Kier alpha value is -1.36. The van der Waals surface area contributed by atoms with Crippen LogP contribution in [0.3, 0.4) is 0 Å². The van der Waals surface area contributed by atoms with Gasteiger partial charge in [0.25, 0.3) is 5.91 Å². The van der Waals surface area contributed by atoms with Crippen molar-refractivity contribution in [1.82, 2.24) is 5.32 Å². The molecule has 0 aliphatic carbocycles. The van der Waals surface area contributed by atoms with Crippen LogP contribution in [0, 0.1) is 0 Å². The van der Waals surface area contributed by atoms with Crippen molar-refractivity contribution in [3.05, 3.63) is 23.8 Å². The van der Waals surface area contributed by atoms with Gasteiger partial charge in [0.05, 0.1) is 18.4 Å². The molecule has 1 amide bonds. The lowest BCUT2D eigenvalue weighted by atomic mass is 10.1. The molecule has 1 atom stereocenters. The lowest BCUT2D eigenvalue weighted by molar-refractivity contribution is 0.0939. The van der Waals surface area contributed by atoms with Gasteiger partial charge < -0.3 is 15.8 Å². The maximum atomic E-state index is 12.1. The van der Waals surface area contributed by atoms with Gasteiger partial charge in [-0.3, -0.25) is 4.79 Å². The number of rotatable bonds is 3. The molecule has 0 saturated carbocycles. The van der Waals surface area contributed by atoms with Gasteiger partial charge >= 0.3 is 0 Å². The Morgan fingerprint density at radius 2 is 2.39 bits per heavy atom. The van der Waals surface area contributed by atoms with Crippen LogP contribution < -0.4 is 15.8 Å². The number of anilines is 1. The number of carbonyl (C=O) groups is 1. The minimum atomic E-state index is -0.112. The maximum absolute atomic E-state index is 12.1. The molecule has 1 aliphatic heterocycles. The fourth-order valence-corrected chi connectivity index (χ4v) is 3.11. The highest BCUT2D eigenvalue weighted by molar-refractivity contribution is 7.99. The number of nitrogens with one attached hydrogen (secondary N) is 1. The van der Waals surface area contributed by atoms with E-state index >= 15 is 0 Å². The van der Waals surface area contributed by atoms with Crippen LogP contribution in [0.4, 0.5) is 5.69 Å². The number of hydrogen-bond acceptors (Lipinski definition) is 4. The number of amides is 1. The van der Waals surface area contributed by atoms with Gasteiger partial charge in [-0.2, -0.15) is 11.8 Å². The maximum Gasteiger partial charge on any atom is 0.253 e. The predicted octanol–water partition coefficient (Wildman–Crippen LogP) is 1.90. The first kappa shape index (κ1) is 13.1. The second kappa shape index (κ2) is 6.00. The first-order valence-electron chi connectivity index (χ1n) is 6.03. The number of hydrogen-bond donors (Lipinski definition) is 2. The highest BCUT2D eigenvalue weighted by Crippen LogP contribution is 2.25. The van der Waals surface area contributed by atoms with E-state index in [1.807, 2.05) is 11.8 Å². The predicted molar refractivity (Wildman–Crippen MR) is 75.2 cm³/mol. The Morgan fingerprint density at radius 3 is 3.06 bits per heavy atom. The number of methoxy groups -OCH3 is 1. The normalized spacial score (nSPS) is 19.3. The zero-order valence-corrected chi connectivity index (χ0v) is 11.3. The van der Waals surface area contributed by atoms with Crippen LogP contribution in [0.1, 0.15) is 23.2 Å². The van der Waals surface area contributed by atoms with Gasteiger partial charge in [0.15, 0.2) is 0 Å². The number of para-hydroxylation sites is 1. The highest BCUT2D eigenvalue weighted by atomic mass is 32.2. The molecule has 4 nitrogen and oxygen atoms in total. The first-order valence-corrected chi connectivity index (χ1v) is 7.19. The van der Waals surface area contributed by atoms with E-state index in [1.54, 1.807) is 25.3 Å². The lowest BCUT2D eigenvalue weighted by Gasteiger charge is -2.22. The van der Waals surface area contributed by atoms with Crippen molar-refractivity contribution in [3.8, 4) is 5.75 Å². The quantitative estimate of drug-likeness (QED) is 0.820. The molecular weight excluding hydrogens is 248 g/mol. The van der Waals surface area contributed by atoms with Crippen molar-refractivity contribution in [2.24, 2.45) is 0 Å². The summed E-state index contributed by atoms with van der Waals surface area (Å²) in [6.45, 7) is 0. The molecular formula is C13H18N2O2S. The largest absolute Gasteiger partial charge is 0.495 e. The number of thioether (sulfide) groups is 1. The molecule has 2 rings (SSSR count). The zero-order valence-electron chi connectivity index (χ0n) is 10.4. The average Bonchev–Trinajstić information content (AvgIpc) is 2.40. The monoisotopic (exact) mass is 266 g/mol. The van der Waals surface area contributed by atoms with Gasteiger partial charge in [-0.15, -0.1) is 0 Å². The van der Waals surface area contributed by atoms with Crippen molar-refractivity contribution >= 4 is 23.4 Å². The Balaban J connectivity index is 2.08. The summed E-state index contributed by atoms with van der Waals surface area (Å²) < 4.78 is 5.12. The molecule has 1 heterocycles. The summed E-state index contributed by atoms with van der Waals surface area (Å²) in [5.74, 6) is 2.60. The summed E-state index contributed by atoms with van der Waals surface area (Å²) in [6, 6.07) is 5.51. The second-order valence-corrected chi connectivity index (χ2v) is 5.46. The average molecular weight is 266 g/mol. The van der Waals surface area contributed by atoms with Crippen molar-refractivity contribution in [3.63, 3.8) is 0 Å². The van der Waals surface area contributed by atoms with Gasteiger partial charge in [-0.1, -0.05) is 6.07 Å². The van der Waals surface area contributed by atoms with Crippen molar-refractivity contribution < 1.29 is 9.53 Å². The standard InChI is InChI=1S/C13H18N2O2S/c1-17-11-6-2-5-10(12(11)14)13(16)15-9-4-3-7-18-8-9/h2,5-6,9H,3-4,7-8,14H2,1H3,(H,15,16). The van der Waals surface area contributed by atoms with E-state index in [-0.39, 0.29) is 11.9 Å². The first-order chi connectivity index (χ1) is 8.72. The van der Waals surface area contributed by atoms with E-state index in [4.69, 9.17) is 10.5 Å². The van der Waals surface area contributed by atoms with Crippen LogP contribution in [0.15, 0.2) is 18.2 Å². The number of ether oxygens (including phenoxy) is 1. The molecule has 5 heteroatoms. The van der Waals surface area contributed by atoms with E-state index in [0.717, 1.165) is 18.6 Å². The fraction of sp³-hybridized carbons (Fsp3) is 0.462. The molecule has 1 unspecified atom stereocenters. The third kappa shape index (κ3) is 2.90. The Morgan fingerprint density at radius 1 is 1.56 bits per heavy atom. The summed E-state index contributed by atoms with van der Waals surface area (Å²) in [5, 5.41) is 3.03. The lowest BCUT2D eigenvalue weighted by Crippen LogP contribution is -2.38. The zero-order chi connectivity index (χ0) is 13.0. The Kier molecular flexibility index (Phi) is 4.36. The topological polar surface area (TPSA) is 64.3 Å². The summed E-state index contributed by atoms with van der Waals surface area (Å²) >= 11 is 1.88. The minimum Gasteiger partial charge on any atom is -0.495 e. The molecule has 0 radical (unpaired) electrons. The van der Waals surface area contributed by atoms with Gasteiger partial charge in [0, 0.05) is 11.8 Å². The number of benzene rings is 1. The highest BCUT2D eigenvalue weighted by Gasteiger charge is 2.19. The third-order valence-electron chi connectivity index (χ3n) is 3.03. The Bertz CT molecular complexity index is 431. The van der Waals surface area contributed by atoms with Crippen molar-refractivity contribution in [2.45, 2.75) is 18.9 Å². The van der Waals surface area contributed by atoms with E-state index < -0.39 is 0 Å². The van der Waals surface area contributed by atoms with E-state index in [0.29, 0.717) is 17.0 Å². The Labute approximate surface area is 111 Å². The van der Waals surface area contributed by atoms with E-state index in [9.17, 15) is 4.79 Å². The number of nitrogen functional groups attached to an aromatic ring is 1. The number of carbonyl (C=O) groups excluding carboxylic acids is 1. The summed E-state index contributed by atoms with van der Waals surface area (Å²) in [7, 11) is 1.55. The molecule has 1 aliphatic rings. The van der Waals surface area contributed by atoms with Crippen LogP contribution in [0.5, 0.6) is 5.75 Å². The van der Waals surface area contributed by atoms with Gasteiger partial charge in [0.1, 0.15) is 5.75 Å². The van der Waals surface area contributed by atoms with Gasteiger partial charge in [-0.25, -0.2) is 0 Å². The van der Waals surface area contributed by atoms with E-state index in [2.05, 4.69) is 5.32 Å². The van der Waals surface area contributed by atoms with E-state index in [1.165, 1.54) is 5.75 Å². The second-order valence-electron chi connectivity index (χ2n) is 4.31. The minimum absolute atomic E-state index is 0.112. The molecule has 1 aromatic carbocycles. The summed E-state index contributed by atoms with van der Waals surface area (Å²) in [5.41, 5.74) is 6.80. The smallest absolute Gasteiger partial charge is 0.253 e.